The van der Waals surface area contributed by atoms with Gasteiger partial charge in [0, 0.05) is 17.8 Å². The average Bonchev–Trinajstić information content (AvgIpc) is 2.45. The molecule has 0 amide bonds. The molecule has 0 saturated heterocycles. The summed E-state index contributed by atoms with van der Waals surface area (Å²) in [6.07, 6.45) is 1.74. The second-order valence-electron chi connectivity index (χ2n) is 5.04. The van der Waals surface area contributed by atoms with Crippen molar-refractivity contribution in [3.63, 3.8) is 0 Å². The molecule has 1 heterocycles. The van der Waals surface area contributed by atoms with Gasteiger partial charge in [0.15, 0.2) is 0 Å². The zero-order valence-electron chi connectivity index (χ0n) is 13.0. The van der Waals surface area contributed by atoms with Crippen molar-refractivity contribution in [2.24, 2.45) is 0 Å². The first-order valence-corrected chi connectivity index (χ1v) is 7.19. The minimum Gasteiger partial charge on any atom is -0.491 e. The highest BCUT2D eigenvalue weighted by Gasteiger charge is 2.06. The van der Waals surface area contributed by atoms with Crippen LogP contribution in [0.1, 0.15) is 26.3 Å². The Morgan fingerprint density at radius 2 is 1.76 bits per heavy atom. The van der Waals surface area contributed by atoms with E-state index in [1.165, 1.54) is 0 Å². The third-order valence-electron chi connectivity index (χ3n) is 2.92. The van der Waals surface area contributed by atoms with Gasteiger partial charge in [-0.15, -0.1) is 0 Å². The minimum atomic E-state index is 0.176. The van der Waals surface area contributed by atoms with E-state index in [2.05, 4.69) is 20.6 Å². The number of aromatic nitrogens is 2. The summed E-state index contributed by atoms with van der Waals surface area (Å²) in [6.45, 7) is 8.90. The lowest BCUT2D eigenvalue weighted by Crippen LogP contribution is -2.06. The molecule has 0 fully saturated rings. The summed E-state index contributed by atoms with van der Waals surface area (Å²) in [5, 5.41) is 6.53. The lowest BCUT2D eigenvalue weighted by Gasteiger charge is -2.13. The van der Waals surface area contributed by atoms with Crippen molar-refractivity contribution in [3.8, 4) is 5.75 Å². The predicted octanol–water partition coefficient (Wildman–Crippen LogP) is 3.75. The number of nitrogens with zero attached hydrogens (tertiary/aromatic N) is 2. The van der Waals surface area contributed by atoms with Gasteiger partial charge >= 0.3 is 0 Å². The van der Waals surface area contributed by atoms with Gasteiger partial charge in [0.1, 0.15) is 23.7 Å². The molecular formula is C16H22N4O. The summed E-state index contributed by atoms with van der Waals surface area (Å²) in [5.74, 6) is 2.52. The summed E-state index contributed by atoms with van der Waals surface area (Å²) in [6, 6.07) is 7.85. The number of benzene rings is 1. The first-order valence-electron chi connectivity index (χ1n) is 7.19. The van der Waals surface area contributed by atoms with Crippen LogP contribution in [-0.2, 0) is 0 Å². The van der Waals surface area contributed by atoms with Crippen LogP contribution in [0.2, 0.25) is 0 Å². The highest BCUT2D eigenvalue weighted by atomic mass is 16.5. The van der Waals surface area contributed by atoms with Crippen LogP contribution in [0.5, 0.6) is 5.75 Å². The monoisotopic (exact) mass is 286 g/mol. The Balaban J connectivity index is 2.13. The van der Waals surface area contributed by atoms with E-state index in [1.54, 1.807) is 6.33 Å². The number of hydrogen-bond donors (Lipinski definition) is 2. The summed E-state index contributed by atoms with van der Waals surface area (Å²) < 4.78 is 5.63. The molecule has 21 heavy (non-hydrogen) atoms. The van der Waals surface area contributed by atoms with Gasteiger partial charge in [-0.25, -0.2) is 9.97 Å². The van der Waals surface area contributed by atoms with E-state index >= 15 is 0 Å². The Morgan fingerprint density at radius 3 is 2.38 bits per heavy atom. The van der Waals surface area contributed by atoms with Gasteiger partial charge in [0.2, 0.25) is 0 Å². The van der Waals surface area contributed by atoms with Gasteiger partial charge < -0.3 is 15.4 Å². The molecule has 1 aromatic carbocycles. The van der Waals surface area contributed by atoms with Crippen LogP contribution in [0.25, 0.3) is 0 Å². The number of hydrogen-bond acceptors (Lipinski definition) is 5. The smallest absolute Gasteiger partial charge is 0.138 e. The van der Waals surface area contributed by atoms with E-state index in [0.29, 0.717) is 0 Å². The minimum absolute atomic E-state index is 0.176. The number of rotatable bonds is 6. The van der Waals surface area contributed by atoms with Gasteiger partial charge in [-0.2, -0.15) is 0 Å². The molecule has 0 aliphatic carbocycles. The number of ether oxygens (including phenoxy) is 1. The fourth-order valence-electron chi connectivity index (χ4n) is 1.95. The Morgan fingerprint density at radius 1 is 1.10 bits per heavy atom. The van der Waals surface area contributed by atoms with Gasteiger partial charge in [-0.05, 0) is 52.0 Å². The molecule has 1 aromatic heterocycles. The van der Waals surface area contributed by atoms with Crippen molar-refractivity contribution >= 4 is 17.3 Å². The van der Waals surface area contributed by atoms with Crippen LogP contribution in [0.4, 0.5) is 17.3 Å². The van der Waals surface area contributed by atoms with E-state index in [0.717, 1.165) is 35.2 Å². The molecule has 0 saturated carbocycles. The fourth-order valence-corrected chi connectivity index (χ4v) is 1.95. The highest BCUT2D eigenvalue weighted by molar-refractivity contribution is 5.64. The molecule has 2 aromatic rings. The molecule has 112 valence electrons. The summed E-state index contributed by atoms with van der Waals surface area (Å²) in [5.41, 5.74) is 1.97. The molecule has 0 radical (unpaired) electrons. The third-order valence-corrected chi connectivity index (χ3v) is 2.92. The van der Waals surface area contributed by atoms with Crippen molar-refractivity contribution in [2.75, 3.05) is 17.2 Å². The van der Waals surface area contributed by atoms with Crippen LogP contribution >= 0.6 is 0 Å². The van der Waals surface area contributed by atoms with Gasteiger partial charge in [-0.1, -0.05) is 0 Å². The standard InChI is InChI=1S/C16H22N4O/c1-5-17-15-12(4)16(19-10-18-15)20-13-6-8-14(9-7-13)21-11(2)3/h6-11H,5H2,1-4H3,(H2,17,18,19,20). The summed E-state index contributed by atoms with van der Waals surface area (Å²) >= 11 is 0. The van der Waals surface area contributed by atoms with E-state index in [4.69, 9.17) is 4.74 Å². The zero-order valence-corrected chi connectivity index (χ0v) is 13.0. The van der Waals surface area contributed by atoms with Crippen LogP contribution in [0.15, 0.2) is 30.6 Å². The van der Waals surface area contributed by atoms with E-state index in [1.807, 2.05) is 52.0 Å². The summed E-state index contributed by atoms with van der Waals surface area (Å²) in [4.78, 5) is 8.53. The molecular weight excluding hydrogens is 264 g/mol. The van der Waals surface area contributed by atoms with Gasteiger partial charge in [0.05, 0.1) is 6.10 Å². The molecule has 0 aliphatic heterocycles. The maximum absolute atomic E-state index is 5.63. The maximum atomic E-state index is 5.63. The Bertz CT molecular complexity index is 581. The number of nitrogens with one attached hydrogen (secondary N) is 2. The molecule has 2 N–H and O–H groups in total. The SMILES string of the molecule is CCNc1ncnc(Nc2ccc(OC(C)C)cc2)c1C. The van der Waals surface area contributed by atoms with E-state index in [9.17, 15) is 0 Å². The zero-order chi connectivity index (χ0) is 15.2. The second-order valence-corrected chi connectivity index (χ2v) is 5.04. The van der Waals surface area contributed by atoms with Crippen molar-refractivity contribution in [1.82, 2.24) is 9.97 Å². The Labute approximate surface area is 125 Å². The van der Waals surface area contributed by atoms with Crippen LogP contribution < -0.4 is 15.4 Å². The van der Waals surface area contributed by atoms with Crippen molar-refractivity contribution in [3.05, 3.63) is 36.2 Å². The molecule has 2 rings (SSSR count). The quantitative estimate of drug-likeness (QED) is 0.847. The largest absolute Gasteiger partial charge is 0.491 e. The molecule has 5 heteroatoms. The summed E-state index contributed by atoms with van der Waals surface area (Å²) in [7, 11) is 0. The number of anilines is 3. The maximum Gasteiger partial charge on any atom is 0.138 e. The Hall–Kier alpha value is -2.30. The first-order chi connectivity index (χ1) is 10.1. The van der Waals surface area contributed by atoms with Crippen molar-refractivity contribution in [2.45, 2.75) is 33.8 Å². The van der Waals surface area contributed by atoms with Crippen molar-refractivity contribution in [1.29, 1.82) is 0 Å². The highest BCUT2D eigenvalue weighted by Crippen LogP contribution is 2.24. The van der Waals surface area contributed by atoms with E-state index < -0.39 is 0 Å². The van der Waals surface area contributed by atoms with Gasteiger partial charge in [-0.3, -0.25) is 0 Å². The molecule has 5 nitrogen and oxygen atoms in total. The lowest BCUT2D eigenvalue weighted by atomic mass is 10.2. The van der Waals surface area contributed by atoms with Crippen LogP contribution in [0, 0.1) is 6.92 Å². The molecule has 0 unspecified atom stereocenters. The molecule has 0 atom stereocenters. The van der Waals surface area contributed by atoms with E-state index in [-0.39, 0.29) is 6.10 Å². The normalized spacial score (nSPS) is 10.5. The Kier molecular flexibility index (Phi) is 4.98. The average molecular weight is 286 g/mol. The van der Waals surface area contributed by atoms with Crippen LogP contribution in [0.3, 0.4) is 0 Å². The fraction of sp³-hybridized carbons (Fsp3) is 0.375. The molecule has 0 bridgehead atoms. The molecule has 0 aliphatic rings. The van der Waals surface area contributed by atoms with Gasteiger partial charge in [0.25, 0.3) is 0 Å². The van der Waals surface area contributed by atoms with Crippen molar-refractivity contribution < 1.29 is 4.74 Å². The third kappa shape index (κ3) is 4.08. The topological polar surface area (TPSA) is 59.1 Å². The lowest BCUT2D eigenvalue weighted by molar-refractivity contribution is 0.242. The first kappa shape index (κ1) is 15.1. The molecule has 0 spiro atoms. The second kappa shape index (κ2) is 6.92. The predicted molar refractivity (Wildman–Crippen MR) is 86.4 cm³/mol. The van der Waals surface area contributed by atoms with Crippen LogP contribution in [-0.4, -0.2) is 22.6 Å².